The van der Waals surface area contributed by atoms with E-state index in [9.17, 15) is 14.4 Å². The zero-order valence-corrected chi connectivity index (χ0v) is 11.7. The molecule has 1 aromatic rings. The van der Waals surface area contributed by atoms with Crippen LogP contribution in [0, 0.1) is 5.92 Å². The molecule has 1 aliphatic heterocycles. The van der Waals surface area contributed by atoms with Gasteiger partial charge in [0.1, 0.15) is 5.92 Å². The van der Waals surface area contributed by atoms with E-state index in [-0.39, 0.29) is 18.1 Å². The maximum absolute atomic E-state index is 12.2. The molecule has 0 N–H and O–H groups in total. The number of hydrogen-bond acceptors (Lipinski definition) is 5. The highest BCUT2D eigenvalue weighted by Crippen LogP contribution is 2.38. The van der Waals surface area contributed by atoms with E-state index in [0.717, 1.165) is 0 Å². The number of carbonyl (C=O) groups excluding carboxylic acids is 3. The fourth-order valence-electron chi connectivity index (χ4n) is 1.82. The first-order valence-corrected chi connectivity index (χ1v) is 7.09. The molecule has 0 saturated heterocycles. The second kappa shape index (κ2) is 5.75. The molecule has 2 rings (SSSR count). The number of halogens is 1. The van der Waals surface area contributed by atoms with Gasteiger partial charge in [0, 0.05) is 16.2 Å². The van der Waals surface area contributed by atoms with E-state index >= 15 is 0 Å². The standard InChI is InChI=1S/C13H11ClO4S/c1-2-18-13(17)11(16)8-6-19-12-7(10(8)15)4-3-5-9(12)14/h3-5,8H,2,6H2,1H3. The molecule has 6 heteroatoms. The number of rotatable bonds is 3. The van der Waals surface area contributed by atoms with Crippen LogP contribution in [0.5, 0.6) is 0 Å². The third kappa shape index (κ3) is 2.67. The lowest BCUT2D eigenvalue weighted by Crippen LogP contribution is -2.35. The molecule has 0 aliphatic carbocycles. The predicted octanol–water partition coefficient (Wildman–Crippen LogP) is 2.38. The fraction of sp³-hybridized carbons (Fsp3) is 0.308. The molecule has 1 aliphatic rings. The Hall–Kier alpha value is -1.33. The Kier molecular flexibility index (Phi) is 4.27. The topological polar surface area (TPSA) is 60.4 Å². The molecule has 1 unspecified atom stereocenters. The summed E-state index contributed by atoms with van der Waals surface area (Å²) in [6.07, 6.45) is 0. The average Bonchev–Trinajstić information content (AvgIpc) is 2.40. The van der Waals surface area contributed by atoms with Crippen LogP contribution in [0.3, 0.4) is 0 Å². The number of hydrogen-bond donors (Lipinski definition) is 0. The van der Waals surface area contributed by atoms with E-state index in [0.29, 0.717) is 15.5 Å². The van der Waals surface area contributed by atoms with E-state index in [1.54, 1.807) is 25.1 Å². The molecule has 0 radical (unpaired) electrons. The molecule has 0 amide bonds. The van der Waals surface area contributed by atoms with Crippen molar-refractivity contribution in [3.05, 3.63) is 28.8 Å². The Balaban J connectivity index is 2.27. The van der Waals surface area contributed by atoms with Crippen LogP contribution in [-0.2, 0) is 14.3 Å². The Labute approximate surface area is 119 Å². The van der Waals surface area contributed by atoms with E-state index in [1.807, 2.05) is 0 Å². The van der Waals surface area contributed by atoms with Crippen molar-refractivity contribution in [2.75, 3.05) is 12.4 Å². The second-order valence-corrected chi connectivity index (χ2v) is 5.37. The summed E-state index contributed by atoms with van der Waals surface area (Å²) < 4.78 is 4.64. The van der Waals surface area contributed by atoms with Gasteiger partial charge in [-0.05, 0) is 13.0 Å². The molecule has 0 aromatic heterocycles. The molecule has 19 heavy (non-hydrogen) atoms. The van der Waals surface area contributed by atoms with Gasteiger partial charge in [0.25, 0.3) is 5.78 Å². The number of ether oxygens (including phenoxy) is 1. The number of ketones is 2. The van der Waals surface area contributed by atoms with Crippen molar-refractivity contribution in [3.8, 4) is 0 Å². The van der Waals surface area contributed by atoms with Gasteiger partial charge in [0.05, 0.1) is 11.6 Å². The number of benzene rings is 1. The molecule has 1 atom stereocenters. The minimum Gasteiger partial charge on any atom is -0.460 e. The molecule has 0 fully saturated rings. The quantitative estimate of drug-likeness (QED) is 0.487. The SMILES string of the molecule is CCOC(=O)C(=O)C1CSc2c(Cl)cccc2C1=O. The van der Waals surface area contributed by atoms with Gasteiger partial charge in [-0.15, -0.1) is 11.8 Å². The highest BCUT2D eigenvalue weighted by atomic mass is 35.5. The first-order chi connectivity index (χ1) is 9.06. The van der Waals surface area contributed by atoms with Gasteiger partial charge in [-0.1, -0.05) is 23.7 Å². The van der Waals surface area contributed by atoms with Gasteiger partial charge >= 0.3 is 5.97 Å². The second-order valence-electron chi connectivity index (χ2n) is 3.93. The Bertz CT molecular complexity index is 556. The van der Waals surface area contributed by atoms with Crippen LogP contribution in [0.4, 0.5) is 0 Å². The van der Waals surface area contributed by atoms with Crippen LogP contribution < -0.4 is 0 Å². The first kappa shape index (κ1) is 14.1. The molecule has 0 bridgehead atoms. The minimum absolute atomic E-state index is 0.112. The first-order valence-electron chi connectivity index (χ1n) is 5.72. The van der Waals surface area contributed by atoms with Crippen molar-refractivity contribution < 1.29 is 19.1 Å². The van der Waals surface area contributed by atoms with Gasteiger partial charge < -0.3 is 4.74 Å². The van der Waals surface area contributed by atoms with Crippen molar-refractivity contribution in [1.29, 1.82) is 0 Å². The van der Waals surface area contributed by atoms with E-state index in [4.69, 9.17) is 11.6 Å². The van der Waals surface area contributed by atoms with Crippen molar-refractivity contribution >= 4 is 40.9 Å². The van der Waals surface area contributed by atoms with Gasteiger partial charge in [-0.2, -0.15) is 0 Å². The van der Waals surface area contributed by atoms with Gasteiger partial charge in [-0.3, -0.25) is 9.59 Å². The summed E-state index contributed by atoms with van der Waals surface area (Å²) in [4.78, 5) is 36.1. The summed E-state index contributed by atoms with van der Waals surface area (Å²) in [6.45, 7) is 1.72. The molecule has 0 spiro atoms. The van der Waals surface area contributed by atoms with Crippen molar-refractivity contribution in [1.82, 2.24) is 0 Å². The molecule has 100 valence electrons. The fourth-order valence-corrected chi connectivity index (χ4v) is 3.32. The smallest absolute Gasteiger partial charge is 0.375 e. The summed E-state index contributed by atoms with van der Waals surface area (Å²) in [5.74, 6) is -2.87. The molecule has 4 nitrogen and oxygen atoms in total. The predicted molar refractivity (Wildman–Crippen MR) is 71.6 cm³/mol. The van der Waals surface area contributed by atoms with E-state index in [2.05, 4.69) is 4.74 Å². The number of carbonyl (C=O) groups is 3. The molecule has 1 aromatic carbocycles. The molecule has 0 saturated carbocycles. The van der Waals surface area contributed by atoms with Crippen LogP contribution in [-0.4, -0.2) is 29.9 Å². The van der Waals surface area contributed by atoms with Gasteiger partial charge in [0.15, 0.2) is 5.78 Å². The van der Waals surface area contributed by atoms with E-state index in [1.165, 1.54) is 11.8 Å². The zero-order valence-electron chi connectivity index (χ0n) is 10.1. The summed E-state index contributed by atoms with van der Waals surface area (Å²) in [7, 11) is 0. The number of fused-ring (bicyclic) bond motifs is 1. The highest BCUT2D eigenvalue weighted by Gasteiger charge is 2.37. The summed E-state index contributed by atoms with van der Waals surface area (Å²) in [6, 6.07) is 4.95. The summed E-state index contributed by atoms with van der Waals surface area (Å²) in [5, 5.41) is 0.484. The highest BCUT2D eigenvalue weighted by molar-refractivity contribution is 7.99. The van der Waals surface area contributed by atoms with Crippen LogP contribution >= 0.6 is 23.4 Å². The maximum Gasteiger partial charge on any atom is 0.375 e. The van der Waals surface area contributed by atoms with Crippen LogP contribution in [0.1, 0.15) is 17.3 Å². The molecular formula is C13H11ClO4S. The van der Waals surface area contributed by atoms with Crippen molar-refractivity contribution in [2.24, 2.45) is 5.92 Å². The molecule has 1 heterocycles. The normalized spacial score (nSPS) is 17.8. The largest absolute Gasteiger partial charge is 0.460 e. The number of thioether (sulfide) groups is 1. The lowest BCUT2D eigenvalue weighted by atomic mass is 9.94. The third-order valence-corrected chi connectivity index (χ3v) is 4.39. The lowest BCUT2D eigenvalue weighted by molar-refractivity contribution is -0.154. The van der Waals surface area contributed by atoms with Crippen LogP contribution in [0.2, 0.25) is 5.02 Å². The Morgan fingerprint density at radius 1 is 1.47 bits per heavy atom. The van der Waals surface area contributed by atoms with Crippen LogP contribution in [0.25, 0.3) is 0 Å². The summed E-state index contributed by atoms with van der Waals surface area (Å²) in [5.41, 5.74) is 0.395. The van der Waals surface area contributed by atoms with Crippen LogP contribution in [0.15, 0.2) is 23.1 Å². The zero-order chi connectivity index (χ0) is 14.0. The monoisotopic (exact) mass is 298 g/mol. The van der Waals surface area contributed by atoms with Crippen molar-refractivity contribution in [3.63, 3.8) is 0 Å². The maximum atomic E-state index is 12.2. The Morgan fingerprint density at radius 2 is 2.21 bits per heavy atom. The molecular weight excluding hydrogens is 288 g/mol. The average molecular weight is 299 g/mol. The number of Topliss-reactive ketones (excluding diaryl/α,β-unsaturated/α-hetero) is 2. The Morgan fingerprint density at radius 3 is 2.89 bits per heavy atom. The van der Waals surface area contributed by atoms with Crippen molar-refractivity contribution in [2.45, 2.75) is 11.8 Å². The third-order valence-electron chi connectivity index (χ3n) is 2.74. The van der Waals surface area contributed by atoms with E-state index < -0.39 is 17.7 Å². The summed E-state index contributed by atoms with van der Waals surface area (Å²) >= 11 is 7.31. The lowest BCUT2D eigenvalue weighted by Gasteiger charge is -2.21. The van der Waals surface area contributed by atoms with Gasteiger partial charge in [-0.25, -0.2) is 4.79 Å². The minimum atomic E-state index is -0.977. The van der Waals surface area contributed by atoms with Gasteiger partial charge in [0.2, 0.25) is 0 Å². The number of esters is 1.